The van der Waals surface area contributed by atoms with E-state index in [0.29, 0.717) is 12.8 Å². The molecule has 0 atom stereocenters. The number of para-hydroxylation sites is 1. The van der Waals surface area contributed by atoms with Gasteiger partial charge in [-0.25, -0.2) is 66.3 Å². The molecule has 0 N–H and O–H groups in total. The molecule has 0 unspecified atom stereocenters. The molecule has 0 radical (unpaired) electrons. The summed E-state index contributed by atoms with van der Waals surface area (Å²) in [6.45, 7) is 1.68. The average Bonchev–Trinajstić information content (AvgIpc) is 3.47. The number of hydrogen-bond donors (Lipinski definition) is 0. The first-order chi connectivity index (χ1) is 37.9. The summed E-state index contributed by atoms with van der Waals surface area (Å²) < 4.78 is 334. The second-order valence-electron chi connectivity index (χ2n) is 16.1. The van der Waals surface area contributed by atoms with Gasteiger partial charge in [-0.2, -0.15) is 26.3 Å². The summed E-state index contributed by atoms with van der Waals surface area (Å²) in [7, 11) is -4.10. The first-order valence-corrected chi connectivity index (χ1v) is 23.7. The fourth-order valence-electron chi connectivity index (χ4n) is 7.50. The molecule has 0 heterocycles. The Kier molecular flexibility index (Phi) is 16.3. The minimum absolute atomic E-state index is 0.0771. The number of hydrogen-bond acceptors (Lipinski definition) is 6. The molecule has 0 spiro atoms. The van der Waals surface area contributed by atoms with Gasteiger partial charge in [0.2, 0.25) is 116 Å². The molecular weight excluding hydrogens is 1140 g/mol. The molecule has 418 valence electrons. The Balaban J connectivity index is 1.63. The highest BCUT2D eigenvalue weighted by atomic mass is 32.3. The van der Waals surface area contributed by atoms with Crippen LogP contribution < -0.4 is 18.9 Å². The maximum Gasteiger partial charge on any atom is 0.350 e. The molecule has 0 aromatic heterocycles. The van der Waals surface area contributed by atoms with Gasteiger partial charge in [0.05, 0.1) is 22.6 Å². The molecule has 0 aliphatic heterocycles. The van der Waals surface area contributed by atoms with Crippen molar-refractivity contribution < 1.29 is 116 Å². The van der Waals surface area contributed by atoms with Crippen molar-refractivity contribution in [3.05, 3.63) is 213 Å². The molecule has 8 rings (SSSR count). The van der Waals surface area contributed by atoms with E-state index in [9.17, 15) is 35.1 Å². The molecule has 0 fully saturated rings. The van der Waals surface area contributed by atoms with E-state index in [1.807, 2.05) is 0 Å². The van der Waals surface area contributed by atoms with E-state index in [1.54, 1.807) is 6.92 Å². The number of benzene rings is 8. The Labute approximate surface area is 436 Å². The minimum atomic E-state index is -4.10. The van der Waals surface area contributed by atoms with Crippen LogP contribution in [0.15, 0.2) is 106 Å². The summed E-state index contributed by atoms with van der Waals surface area (Å²) in [5.41, 5.74) is -7.18. The lowest BCUT2D eigenvalue weighted by Gasteiger charge is -2.40. The lowest BCUT2D eigenvalue weighted by atomic mass is 9.95. The van der Waals surface area contributed by atoms with Crippen LogP contribution in [-0.4, -0.2) is 12.6 Å². The van der Waals surface area contributed by atoms with E-state index >= 15 is 57.5 Å². The summed E-state index contributed by atoms with van der Waals surface area (Å²) in [4.78, 5) is 15.3. The van der Waals surface area contributed by atoms with Crippen LogP contribution in [0.4, 0.5) is 87.8 Å². The predicted octanol–water partition coefficient (Wildman–Crippen LogP) is 17.7. The van der Waals surface area contributed by atoms with Crippen molar-refractivity contribution in [2.75, 3.05) is 6.61 Å². The minimum Gasteiger partial charge on any atom is -0.492 e. The fraction of sp³-hybridized carbons (Fsp3) is 0.0755. The molecule has 80 heavy (non-hydrogen) atoms. The molecule has 27 heteroatoms. The van der Waals surface area contributed by atoms with Crippen molar-refractivity contribution in [1.29, 1.82) is 0 Å². The van der Waals surface area contributed by atoms with Crippen LogP contribution in [0, 0.1) is 116 Å². The normalized spacial score (nSPS) is 11.7. The summed E-state index contributed by atoms with van der Waals surface area (Å²) in [6, 6.07) is 18.3. The van der Waals surface area contributed by atoms with E-state index in [-0.39, 0.29) is 33.1 Å². The number of carbonyl (C=O) groups is 1. The van der Waals surface area contributed by atoms with E-state index < -0.39 is 184 Å². The van der Waals surface area contributed by atoms with E-state index in [2.05, 4.69) is 0 Å². The van der Waals surface area contributed by atoms with Crippen molar-refractivity contribution in [1.82, 2.24) is 0 Å². The summed E-state index contributed by atoms with van der Waals surface area (Å²) >= 11 is 0. The summed E-state index contributed by atoms with van der Waals surface area (Å²) in [5, 5.41) is 0. The van der Waals surface area contributed by atoms with Gasteiger partial charge in [-0.1, -0.05) is 61.9 Å². The highest BCUT2D eigenvalue weighted by Gasteiger charge is 2.44. The van der Waals surface area contributed by atoms with Gasteiger partial charge in [0.15, 0.2) is 34.8 Å². The molecule has 0 bridgehead atoms. The molecule has 8 aromatic rings. The van der Waals surface area contributed by atoms with E-state index in [4.69, 9.17) is 23.1 Å². The van der Waals surface area contributed by atoms with Gasteiger partial charge >= 0.3 is 5.97 Å². The number of halogens is 20. The summed E-state index contributed by atoms with van der Waals surface area (Å²) in [5.74, 6) is -80.0. The number of ether oxygens (including phenoxy) is 4. The van der Waals surface area contributed by atoms with Gasteiger partial charge in [-0.3, -0.25) is 0 Å². The lowest BCUT2D eigenvalue weighted by Crippen LogP contribution is -2.17. The maximum absolute atomic E-state index is 16.6. The predicted molar refractivity (Wildman–Crippen MR) is 238 cm³/mol. The monoisotopic (exact) mass is 1170 g/mol. The smallest absolute Gasteiger partial charge is 0.350 e. The summed E-state index contributed by atoms with van der Waals surface area (Å²) in [6.07, 6.45) is 0.872. The largest absolute Gasteiger partial charge is 0.492 e. The van der Waals surface area contributed by atoms with Crippen LogP contribution in [-0.2, 0) is 4.18 Å². The Hall–Kier alpha value is -8.62. The molecule has 0 aliphatic carbocycles. The Morgan fingerprint density at radius 1 is 0.375 bits per heavy atom. The first-order valence-electron chi connectivity index (χ1n) is 22.1. The Bertz CT molecular complexity index is 3640. The van der Waals surface area contributed by atoms with Crippen LogP contribution in [0.5, 0.6) is 40.2 Å². The zero-order valence-electron chi connectivity index (χ0n) is 39.2. The van der Waals surface area contributed by atoms with Crippen LogP contribution in [0.1, 0.15) is 30.1 Å². The van der Waals surface area contributed by atoms with Gasteiger partial charge < -0.3 is 23.1 Å². The van der Waals surface area contributed by atoms with Crippen molar-refractivity contribution in [2.45, 2.75) is 34.5 Å². The maximum atomic E-state index is 16.6. The molecule has 6 nitrogen and oxygen atoms in total. The van der Waals surface area contributed by atoms with Crippen molar-refractivity contribution in [3.8, 4) is 51.4 Å². The fourth-order valence-corrected chi connectivity index (χ4v) is 10.6. The third-order valence-corrected chi connectivity index (χ3v) is 14.5. The lowest BCUT2D eigenvalue weighted by molar-refractivity contribution is 0.0757. The highest BCUT2D eigenvalue weighted by Crippen LogP contribution is 2.72. The molecule has 8 aromatic carbocycles. The zero-order chi connectivity index (χ0) is 58.4. The average molecular weight is 1170 g/mol. The van der Waals surface area contributed by atoms with Crippen molar-refractivity contribution in [2.24, 2.45) is 0 Å². The van der Waals surface area contributed by atoms with Crippen LogP contribution in [0.2, 0.25) is 0 Å². The molecule has 0 saturated carbocycles. The van der Waals surface area contributed by atoms with Gasteiger partial charge in [0, 0.05) is 21.4 Å². The number of carbonyl (C=O) groups excluding carboxylic acids is 1. The molecule has 0 saturated heterocycles. The third kappa shape index (κ3) is 9.75. The highest BCUT2D eigenvalue weighted by molar-refractivity contribution is 8.30. The van der Waals surface area contributed by atoms with Gasteiger partial charge in [-0.05, 0) is 53.1 Å². The third-order valence-electron chi connectivity index (χ3n) is 11.3. The van der Waals surface area contributed by atoms with E-state index in [1.165, 1.54) is 84.9 Å². The standard InChI is InChI=1S/C53H24F20O6S/c1-2-3-18-75-23-16-10-11-17-25(23)80(20-12-6-4-7-13-20,21-14-8-5-9-15-21)79-53(74)22-19-24(76-50-42(68)36(62)33(59)37(63)43(50)69)48(77-51-44(70)38(64)34(60)39(65)45(51)71)49(78-52-46(72)40(66)35(61)41(67)47(52)73)26(22)27-28(54)30(56)32(58)31(57)29(27)55/h4-17,19H,2-3,18H2,1H3. The zero-order valence-corrected chi connectivity index (χ0v) is 40.0. The number of unbranched alkanes of at least 4 members (excludes halogenated alkanes) is 1. The van der Waals surface area contributed by atoms with Gasteiger partial charge in [-0.15, -0.1) is 0 Å². The second-order valence-corrected chi connectivity index (χ2v) is 18.8. The van der Waals surface area contributed by atoms with Crippen molar-refractivity contribution in [3.63, 3.8) is 0 Å². The van der Waals surface area contributed by atoms with Crippen LogP contribution in [0.25, 0.3) is 11.1 Å². The Morgan fingerprint density at radius 2 is 0.725 bits per heavy atom. The van der Waals surface area contributed by atoms with Gasteiger partial charge in [0.25, 0.3) is 0 Å². The topological polar surface area (TPSA) is 63.2 Å². The Morgan fingerprint density at radius 3 is 1.14 bits per heavy atom. The molecular formula is C53H24F20O6S. The second kappa shape index (κ2) is 22.6. The van der Waals surface area contributed by atoms with Gasteiger partial charge in [0.1, 0.15) is 5.75 Å². The van der Waals surface area contributed by atoms with E-state index in [0.717, 1.165) is 0 Å². The molecule has 0 amide bonds. The van der Waals surface area contributed by atoms with Crippen LogP contribution in [0.3, 0.4) is 0 Å². The van der Waals surface area contributed by atoms with Crippen molar-refractivity contribution >= 4 is 16.3 Å². The molecule has 0 aliphatic rings. The van der Waals surface area contributed by atoms with Crippen LogP contribution >= 0.6 is 10.3 Å². The quantitative estimate of drug-likeness (QED) is 0.0416. The number of rotatable bonds is 16. The first kappa shape index (κ1) is 57.6. The SMILES string of the molecule is CCCCOc1ccccc1S(OC(=O)c1cc(Oc2c(F)c(F)c(F)c(F)c2F)c(Oc2c(F)c(F)c(F)c(F)c2F)c(Oc2c(F)c(F)c(F)c(F)c2F)c1-c1c(F)c(F)c(F)c(F)c1F)(c1ccccc1)c1ccccc1.